The zero-order valence-electron chi connectivity index (χ0n) is 13.0. The van der Waals surface area contributed by atoms with Crippen molar-refractivity contribution < 1.29 is 9.90 Å². The van der Waals surface area contributed by atoms with Crippen LogP contribution in [-0.4, -0.2) is 40.5 Å². The normalized spacial score (nSPS) is 22.0. The van der Waals surface area contributed by atoms with E-state index in [9.17, 15) is 9.90 Å². The van der Waals surface area contributed by atoms with Gasteiger partial charge in [0.2, 0.25) is 5.91 Å². The van der Waals surface area contributed by atoms with Gasteiger partial charge in [0, 0.05) is 36.5 Å². The molecule has 2 heterocycles. The minimum Gasteiger partial charge on any atom is -0.508 e. The van der Waals surface area contributed by atoms with Gasteiger partial charge in [0.05, 0.1) is 16.0 Å². The molecule has 0 saturated carbocycles. The number of pyridine rings is 1. The molecule has 0 spiro atoms. The van der Waals surface area contributed by atoms with Crippen molar-refractivity contribution in [3.8, 4) is 5.75 Å². The first-order chi connectivity index (χ1) is 11.4. The van der Waals surface area contributed by atoms with Gasteiger partial charge in [0.1, 0.15) is 5.75 Å². The van der Waals surface area contributed by atoms with Gasteiger partial charge in [-0.3, -0.25) is 9.78 Å². The summed E-state index contributed by atoms with van der Waals surface area (Å²) in [7, 11) is 1.91. The number of nitrogens with two attached hydrogens (primary N) is 1. The summed E-state index contributed by atoms with van der Waals surface area (Å²) in [5.74, 6) is -1.01. The topological polar surface area (TPSA) is 79.5 Å². The Balaban J connectivity index is 2.18. The fourth-order valence-electron chi connectivity index (χ4n) is 3.41. The van der Waals surface area contributed by atoms with E-state index in [0.717, 1.165) is 5.56 Å². The number of primary amides is 1. The average Bonchev–Trinajstić information content (AvgIpc) is 2.55. The lowest BCUT2D eigenvalue weighted by molar-refractivity contribution is -0.130. The first-order valence-electron chi connectivity index (χ1n) is 7.48. The molecule has 1 saturated heterocycles. The number of carbonyl (C=O) groups is 1. The van der Waals surface area contributed by atoms with Crippen molar-refractivity contribution in [3.63, 3.8) is 0 Å². The maximum Gasteiger partial charge on any atom is 0.223 e. The molecule has 1 aliphatic rings. The number of hydrogen-bond acceptors (Lipinski definition) is 4. The maximum absolute atomic E-state index is 11.8. The van der Waals surface area contributed by atoms with Crippen LogP contribution in [0.15, 0.2) is 36.7 Å². The number of phenols is 1. The summed E-state index contributed by atoms with van der Waals surface area (Å²) in [5, 5.41) is 11.1. The van der Waals surface area contributed by atoms with E-state index in [4.69, 9.17) is 28.9 Å². The largest absolute Gasteiger partial charge is 0.508 e. The number of halogens is 2. The Hall–Kier alpha value is -1.82. The van der Waals surface area contributed by atoms with E-state index in [2.05, 4.69) is 4.98 Å². The van der Waals surface area contributed by atoms with Crippen molar-refractivity contribution in [1.29, 1.82) is 0 Å². The van der Waals surface area contributed by atoms with Crippen LogP contribution < -0.4 is 5.73 Å². The summed E-state index contributed by atoms with van der Waals surface area (Å²) >= 11 is 12.6. The monoisotopic (exact) mass is 365 g/mol. The predicted octanol–water partition coefficient (Wildman–Crippen LogP) is 2.64. The highest BCUT2D eigenvalue weighted by Crippen LogP contribution is 2.46. The van der Waals surface area contributed by atoms with Crippen LogP contribution >= 0.6 is 23.2 Å². The van der Waals surface area contributed by atoms with Crippen LogP contribution in [0, 0.1) is 5.92 Å². The van der Waals surface area contributed by atoms with Crippen LogP contribution in [-0.2, 0) is 4.79 Å². The molecular formula is C17H17Cl2N3O2. The number of nitrogens with zero attached hydrogens (tertiary/aromatic N) is 2. The SMILES string of the molecule is CN1CC(C(N)=O)C1C(c1ccncc1)c1c(O)ccc(Cl)c1Cl. The van der Waals surface area contributed by atoms with Crippen LogP contribution in [0.1, 0.15) is 17.0 Å². The fraction of sp³-hybridized carbons (Fsp3) is 0.294. The third-order valence-electron chi connectivity index (χ3n) is 4.60. The number of aromatic hydroxyl groups is 1. The molecule has 3 atom stereocenters. The zero-order valence-corrected chi connectivity index (χ0v) is 14.5. The van der Waals surface area contributed by atoms with Crippen molar-refractivity contribution in [3.05, 3.63) is 57.8 Å². The zero-order chi connectivity index (χ0) is 17.4. The van der Waals surface area contributed by atoms with Crippen LogP contribution in [0.25, 0.3) is 0 Å². The molecule has 1 aromatic heterocycles. The van der Waals surface area contributed by atoms with Crippen LogP contribution in [0.3, 0.4) is 0 Å². The van der Waals surface area contributed by atoms with Crippen molar-refractivity contribution in [2.24, 2.45) is 11.7 Å². The van der Waals surface area contributed by atoms with Crippen LogP contribution in [0.4, 0.5) is 0 Å². The second-order valence-electron chi connectivity index (χ2n) is 5.99. The first kappa shape index (κ1) is 17.0. The summed E-state index contributed by atoms with van der Waals surface area (Å²) in [6, 6.07) is 6.52. The van der Waals surface area contributed by atoms with Gasteiger partial charge in [-0.15, -0.1) is 0 Å². The molecule has 1 amide bonds. The van der Waals surface area contributed by atoms with Gasteiger partial charge in [-0.1, -0.05) is 23.2 Å². The highest BCUT2D eigenvalue weighted by Gasteiger charge is 2.47. The number of rotatable bonds is 4. The first-order valence-corrected chi connectivity index (χ1v) is 8.23. The Labute approximate surface area is 150 Å². The number of amides is 1. The molecule has 5 nitrogen and oxygen atoms in total. The molecule has 0 aliphatic carbocycles. The van der Waals surface area contributed by atoms with Crippen molar-refractivity contribution in [2.75, 3.05) is 13.6 Å². The third-order valence-corrected chi connectivity index (χ3v) is 5.42. The molecule has 0 radical (unpaired) electrons. The standard InChI is InChI=1S/C17H17Cl2N3O2/c1-22-8-10(17(20)24)16(22)13(9-4-6-21-7-5-9)14-12(23)3-2-11(18)15(14)19/h2-7,10,13,16,23H,8H2,1H3,(H2,20,24). The van der Waals surface area contributed by atoms with E-state index >= 15 is 0 Å². The van der Waals surface area contributed by atoms with Crippen LogP contribution in [0.2, 0.25) is 10.0 Å². The van der Waals surface area contributed by atoms with Crippen molar-refractivity contribution in [2.45, 2.75) is 12.0 Å². The highest BCUT2D eigenvalue weighted by atomic mass is 35.5. The summed E-state index contributed by atoms with van der Waals surface area (Å²) in [5.41, 5.74) is 6.93. The van der Waals surface area contributed by atoms with Gasteiger partial charge < -0.3 is 15.7 Å². The van der Waals surface area contributed by atoms with E-state index < -0.39 is 0 Å². The summed E-state index contributed by atoms with van der Waals surface area (Å²) in [6.07, 6.45) is 3.32. The number of likely N-dealkylation sites (tertiary alicyclic amines) is 1. The molecule has 1 fully saturated rings. The lowest BCUT2D eigenvalue weighted by atomic mass is 9.73. The number of carbonyl (C=O) groups excluding carboxylic acids is 1. The van der Waals surface area contributed by atoms with E-state index in [-0.39, 0.29) is 34.6 Å². The Morgan fingerprint density at radius 3 is 2.58 bits per heavy atom. The summed E-state index contributed by atoms with van der Waals surface area (Å²) in [6.45, 7) is 0.570. The molecule has 1 aliphatic heterocycles. The van der Waals surface area contributed by atoms with E-state index in [1.165, 1.54) is 6.07 Å². The summed E-state index contributed by atoms with van der Waals surface area (Å²) in [4.78, 5) is 17.9. The lowest BCUT2D eigenvalue weighted by Crippen LogP contribution is -2.61. The maximum atomic E-state index is 11.8. The minimum atomic E-state index is -0.366. The number of likely N-dealkylation sites (N-methyl/N-ethyl adjacent to an activating group) is 1. The van der Waals surface area contributed by atoms with Gasteiger partial charge in [0.15, 0.2) is 0 Å². The molecule has 3 rings (SSSR count). The molecule has 3 unspecified atom stereocenters. The van der Waals surface area contributed by atoms with Gasteiger partial charge in [-0.2, -0.15) is 0 Å². The predicted molar refractivity (Wildman–Crippen MR) is 93.3 cm³/mol. The Morgan fingerprint density at radius 2 is 2.00 bits per heavy atom. The molecule has 2 aromatic rings. The van der Waals surface area contributed by atoms with Gasteiger partial charge >= 0.3 is 0 Å². The molecule has 126 valence electrons. The van der Waals surface area contributed by atoms with Gasteiger partial charge in [0.25, 0.3) is 0 Å². The summed E-state index contributed by atoms with van der Waals surface area (Å²) < 4.78 is 0. The van der Waals surface area contributed by atoms with E-state index in [0.29, 0.717) is 17.1 Å². The van der Waals surface area contributed by atoms with E-state index in [1.807, 2.05) is 24.1 Å². The number of hydrogen-bond donors (Lipinski definition) is 2. The molecule has 0 bridgehead atoms. The van der Waals surface area contributed by atoms with Crippen LogP contribution in [0.5, 0.6) is 5.75 Å². The third kappa shape index (κ3) is 2.83. The second kappa shape index (κ2) is 6.59. The Kier molecular flexibility index (Phi) is 4.67. The Bertz CT molecular complexity index is 770. The second-order valence-corrected chi connectivity index (χ2v) is 6.78. The molecule has 3 N–H and O–H groups in total. The minimum absolute atomic E-state index is 0.0368. The van der Waals surface area contributed by atoms with E-state index in [1.54, 1.807) is 18.5 Å². The van der Waals surface area contributed by atoms with Crippen molar-refractivity contribution in [1.82, 2.24) is 9.88 Å². The number of benzene rings is 1. The number of phenolic OH excluding ortho intramolecular Hbond substituents is 1. The smallest absolute Gasteiger partial charge is 0.223 e. The molecule has 7 heteroatoms. The lowest BCUT2D eigenvalue weighted by Gasteiger charge is -2.49. The Morgan fingerprint density at radius 1 is 1.33 bits per heavy atom. The quantitative estimate of drug-likeness (QED) is 0.872. The molecule has 24 heavy (non-hydrogen) atoms. The number of aromatic nitrogens is 1. The average molecular weight is 366 g/mol. The van der Waals surface area contributed by atoms with Crippen molar-refractivity contribution >= 4 is 29.1 Å². The molecular weight excluding hydrogens is 349 g/mol. The molecule has 1 aromatic carbocycles. The fourth-order valence-corrected chi connectivity index (χ4v) is 3.85. The highest BCUT2D eigenvalue weighted by molar-refractivity contribution is 6.42. The van der Waals surface area contributed by atoms with Gasteiger partial charge in [-0.05, 0) is 36.9 Å². The van der Waals surface area contributed by atoms with Gasteiger partial charge in [-0.25, -0.2) is 0 Å².